The maximum absolute atomic E-state index is 12.3. The quantitative estimate of drug-likeness (QED) is 0.524. The monoisotopic (exact) mass is 417 g/mol. The topological polar surface area (TPSA) is 91.2 Å². The van der Waals surface area contributed by atoms with Gasteiger partial charge in [0.2, 0.25) is 0 Å². The Morgan fingerprint density at radius 2 is 1.89 bits per heavy atom. The normalized spacial score (nSPS) is 10.7. The molecule has 2 aromatic rings. The number of rotatable bonds is 7. The molecule has 6 nitrogen and oxygen atoms in total. The van der Waals surface area contributed by atoms with Crippen LogP contribution in [0.1, 0.15) is 12.5 Å². The van der Waals surface area contributed by atoms with Crippen molar-refractivity contribution < 1.29 is 14.3 Å². The van der Waals surface area contributed by atoms with Crippen molar-refractivity contribution >= 4 is 46.8 Å². The Morgan fingerprint density at radius 3 is 2.50 bits per heavy atom. The van der Waals surface area contributed by atoms with Gasteiger partial charge in [0.15, 0.2) is 6.61 Å². The van der Waals surface area contributed by atoms with Gasteiger partial charge in [-0.2, -0.15) is 5.26 Å². The molecule has 0 aromatic heterocycles. The van der Waals surface area contributed by atoms with Crippen LogP contribution in [-0.2, 0) is 9.59 Å². The summed E-state index contributed by atoms with van der Waals surface area (Å²) in [5.74, 6) is -0.307. The van der Waals surface area contributed by atoms with E-state index in [2.05, 4.69) is 10.6 Å². The minimum Gasteiger partial charge on any atom is -0.484 e. The average molecular weight is 418 g/mol. The Labute approximate surface area is 172 Å². The molecule has 0 unspecified atom stereocenters. The minimum absolute atomic E-state index is 0.0866. The SMILES string of the molecule is CCNC(=O)COc1ccc(/C=C(/C#N)C(=O)Nc2ccc(Cl)cc2Cl)cc1. The zero-order chi connectivity index (χ0) is 20.5. The van der Waals surface area contributed by atoms with Crippen LogP contribution in [0.25, 0.3) is 6.08 Å². The molecule has 0 aliphatic carbocycles. The lowest BCUT2D eigenvalue weighted by molar-refractivity contribution is -0.123. The second-order valence-electron chi connectivity index (χ2n) is 5.56. The first-order valence-corrected chi connectivity index (χ1v) is 9.06. The average Bonchev–Trinajstić information content (AvgIpc) is 2.67. The van der Waals surface area contributed by atoms with Crippen molar-refractivity contribution in [2.24, 2.45) is 0 Å². The van der Waals surface area contributed by atoms with Crippen molar-refractivity contribution in [1.82, 2.24) is 5.32 Å². The summed E-state index contributed by atoms with van der Waals surface area (Å²) in [7, 11) is 0. The van der Waals surface area contributed by atoms with Gasteiger partial charge in [0.1, 0.15) is 17.4 Å². The number of hydrogen-bond donors (Lipinski definition) is 2. The van der Waals surface area contributed by atoms with Crippen LogP contribution in [0.15, 0.2) is 48.0 Å². The molecule has 0 heterocycles. The van der Waals surface area contributed by atoms with Gasteiger partial charge in [0.25, 0.3) is 11.8 Å². The van der Waals surface area contributed by atoms with Gasteiger partial charge in [-0.25, -0.2) is 0 Å². The third-order valence-electron chi connectivity index (χ3n) is 3.48. The maximum atomic E-state index is 12.3. The first-order chi connectivity index (χ1) is 13.4. The molecule has 28 heavy (non-hydrogen) atoms. The van der Waals surface area contributed by atoms with E-state index in [4.69, 9.17) is 27.9 Å². The van der Waals surface area contributed by atoms with Gasteiger partial charge in [0, 0.05) is 11.6 Å². The molecule has 0 aliphatic heterocycles. The van der Waals surface area contributed by atoms with Crippen LogP contribution >= 0.6 is 23.2 Å². The Hall–Kier alpha value is -3.01. The highest BCUT2D eigenvalue weighted by atomic mass is 35.5. The summed E-state index contributed by atoms with van der Waals surface area (Å²) in [6.07, 6.45) is 1.44. The molecule has 0 saturated carbocycles. The minimum atomic E-state index is -0.594. The number of benzene rings is 2. The van der Waals surface area contributed by atoms with E-state index in [0.717, 1.165) is 0 Å². The van der Waals surface area contributed by atoms with Crippen molar-refractivity contribution in [1.29, 1.82) is 5.26 Å². The van der Waals surface area contributed by atoms with Gasteiger partial charge < -0.3 is 15.4 Å². The van der Waals surface area contributed by atoms with E-state index in [1.54, 1.807) is 36.4 Å². The van der Waals surface area contributed by atoms with Crippen LogP contribution in [0.3, 0.4) is 0 Å². The summed E-state index contributed by atoms with van der Waals surface area (Å²) in [6.45, 7) is 2.27. The van der Waals surface area contributed by atoms with E-state index in [1.165, 1.54) is 12.1 Å². The molecular weight excluding hydrogens is 401 g/mol. The zero-order valence-corrected chi connectivity index (χ0v) is 16.5. The van der Waals surface area contributed by atoms with E-state index < -0.39 is 5.91 Å². The van der Waals surface area contributed by atoms with Gasteiger partial charge in [-0.05, 0) is 48.9 Å². The summed E-state index contributed by atoms with van der Waals surface area (Å²) in [5, 5.41) is 15.2. The number of likely N-dealkylation sites (N-methyl/N-ethyl adjacent to an activating group) is 1. The van der Waals surface area contributed by atoms with E-state index in [-0.39, 0.29) is 23.1 Å². The van der Waals surface area contributed by atoms with Crippen LogP contribution in [-0.4, -0.2) is 25.0 Å². The van der Waals surface area contributed by atoms with Crippen LogP contribution in [0.4, 0.5) is 5.69 Å². The Balaban J connectivity index is 2.05. The molecule has 0 aliphatic rings. The fraction of sp³-hybridized carbons (Fsp3) is 0.150. The van der Waals surface area contributed by atoms with Crippen molar-refractivity contribution in [2.45, 2.75) is 6.92 Å². The smallest absolute Gasteiger partial charge is 0.266 e. The Morgan fingerprint density at radius 1 is 1.18 bits per heavy atom. The summed E-state index contributed by atoms with van der Waals surface area (Å²) < 4.78 is 5.35. The van der Waals surface area contributed by atoms with E-state index in [0.29, 0.717) is 28.6 Å². The Bertz CT molecular complexity index is 935. The van der Waals surface area contributed by atoms with Crippen LogP contribution < -0.4 is 15.4 Å². The lowest BCUT2D eigenvalue weighted by Crippen LogP contribution is -2.28. The fourth-order valence-corrected chi connectivity index (χ4v) is 2.61. The number of halogens is 2. The summed E-state index contributed by atoms with van der Waals surface area (Å²) in [6, 6.07) is 13.1. The van der Waals surface area contributed by atoms with E-state index in [9.17, 15) is 14.9 Å². The third-order valence-corrected chi connectivity index (χ3v) is 4.03. The van der Waals surface area contributed by atoms with Crippen molar-refractivity contribution in [3.63, 3.8) is 0 Å². The van der Waals surface area contributed by atoms with Gasteiger partial charge >= 0.3 is 0 Å². The van der Waals surface area contributed by atoms with Crippen molar-refractivity contribution in [3.05, 3.63) is 63.6 Å². The van der Waals surface area contributed by atoms with Gasteiger partial charge in [-0.1, -0.05) is 35.3 Å². The molecule has 8 heteroatoms. The lowest BCUT2D eigenvalue weighted by atomic mass is 10.1. The molecular formula is C20H17Cl2N3O3. The van der Waals surface area contributed by atoms with Crippen LogP contribution in [0.5, 0.6) is 5.75 Å². The second kappa shape index (κ2) is 10.4. The highest BCUT2D eigenvalue weighted by Gasteiger charge is 2.12. The molecule has 0 spiro atoms. The second-order valence-corrected chi connectivity index (χ2v) is 6.40. The number of nitrogens with one attached hydrogen (secondary N) is 2. The fourth-order valence-electron chi connectivity index (χ4n) is 2.15. The zero-order valence-electron chi connectivity index (χ0n) is 15.0. The maximum Gasteiger partial charge on any atom is 0.266 e. The number of carbonyl (C=O) groups excluding carboxylic acids is 2. The molecule has 0 atom stereocenters. The highest BCUT2D eigenvalue weighted by Crippen LogP contribution is 2.26. The van der Waals surface area contributed by atoms with Gasteiger partial charge in [-0.3, -0.25) is 9.59 Å². The predicted octanol–water partition coefficient (Wildman–Crippen LogP) is 4.05. The standard InChI is InChI=1S/C20H17Cl2N3O3/c1-2-24-19(26)12-28-16-6-3-13(4-7-16)9-14(11-23)20(27)25-18-8-5-15(21)10-17(18)22/h3-10H,2,12H2,1H3,(H,24,26)(H,25,27)/b14-9-. The molecule has 2 N–H and O–H groups in total. The van der Waals surface area contributed by atoms with Crippen molar-refractivity contribution in [2.75, 3.05) is 18.5 Å². The van der Waals surface area contributed by atoms with Crippen LogP contribution in [0.2, 0.25) is 10.0 Å². The first kappa shape index (κ1) is 21.3. The Kier molecular flexibility index (Phi) is 7.88. The van der Waals surface area contributed by atoms with Gasteiger partial charge in [-0.15, -0.1) is 0 Å². The first-order valence-electron chi connectivity index (χ1n) is 8.30. The molecule has 0 bridgehead atoms. The molecule has 2 rings (SSSR count). The summed E-state index contributed by atoms with van der Waals surface area (Å²) in [4.78, 5) is 23.7. The van der Waals surface area contributed by atoms with Crippen LogP contribution in [0, 0.1) is 11.3 Å². The molecule has 144 valence electrons. The molecule has 0 fully saturated rings. The molecule has 0 saturated heterocycles. The van der Waals surface area contributed by atoms with E-state index >= 15 is 0 Å². The van der Waals surface area contributed by atoms with Gasteiger partial charge in [0.05, 0.1) is 10.7 Å². The largest absolute Gasteiger partial charge is 0.484 e. The lowest BCUT2D eigenvalue weighted by Gasteiger charge is -2.07. The predicted molar refractivity (Wildman–Crippen MR) is 109 cm³/mol. The van der Waals surface area contributed by atoms with Crippen molar-refractivity contribution in [3.8, 4) is 11.8 Å². The number of hydrogen-bond acceptors (Lipinski definition) is 4. The number of nitrogens with zero attached hydrogens (tertiary/aromatic N) is 1. The van der Waals surface area contributed by atoms with E-state index in [1.807, 2.05) is 13.0 Å². The number of anilines is 1. The number of amides is 2. The summed E-state index contributed by atoms with van der Waals surface area (Å²) >= 11 is 11.9. The number of nitriles is 1. The molecule has 2 aromatic carbocycles. The summed E-state index contributed by atoms with van der Waals surface area (Å²) in [5.41, 5.74) is 0.882. The molecule has 0 radical (unpaired) electrons. The number of carbonyl (C=O) groups is 2. The number of ether oxygens (including phenoxy) is 1. The third kappa shape index (κ3) is 6.31. The molecule has 2 amide bonds. The highest BCUT2D eigenvalue weighted by molar-refractivity contribution is 6.36.